The average molecular weight is 217 g/mol. The van der Waals surface area contributed by atoms with Gasteiger partial charge in [-0.15, -0.1) is 0 Å². The lowest BCUT2D eigenvalue weighted by molar-refractivity contribution is -0.119. The van der Waals surface area contributed by atoms with Crippen molar-refractivity contribution in [2.24, 2.45) is 5.84 Å². The van der Waals surface area contributed by atoms with Gasteiger partial charge in [-0.05, 0) is 42.5 Å². The molecule has 0 atom stereocenters. The summed E-state index contributed by atoms with van der Waals surface area (Å²) in [5.74, 6) is 5.72. The Balaban J connectivity index is 2.18. The summed E-state index contributed by atoms with van der Waals surface area (Å²) in [5.41, 5.74) is 7.31. The van der Waals surface area contributed by atoms with E-state index in [-0.39, 0.29) is 5.91 Å². The first kappa shape index (κ1) is 9.66. The first-order valence-electron chi connectivity index (χ1n) is 5.72. The van der Waals surface area contributed by atoms with Crippen LogP contribution in [0.3, 0.4) is 0 Å². The predicted octanol–water partition coefficient (Wildman–Crippen LogP) is 1.20. The molecule has 0 saturated carbocycles. The van der Waals surface area contributed by atoms with Crippen molar-refractivity contribution >= 4 is 17.3 Å². The van der Waals surface area contributed by atoms with E-state index in [9.17, 15) is 4.79 Å². The quantitative estimate of drug-likeness (QED) is 0.549. The van der Waals surface area contributed by atoms with Gasteiger partial charge in [-0.3, -0.25) is 10.6 Å². The Labute approximate surface area is 94.4 Å². The molecule has 1 amide bonds. The van der Waals surface area contributed by atoms with Gasteiger partial charge in [0.15, 0.2) is 0 Å². The van der Waals surface area contributed by atoms with Crippen molar-refractivity contribution in [3.8, 4) is 0 Å². The largest absolute Gasteiger partial charge is 0.324 e. The van der Waals surface area contributed by atoms with Crippen molar-refractivity contribution in [3.63, 3.8) is 0 Å². The van der Waals surface area contributed by atoms with E-state index in [0.29, 0.717) is 6.42 Å². The van der Waals surface area contributed by atoms with Crippen molar-refractivity contribution in [2.45, 2.75) is 25.7 Å². The molecule has 16 heavy (non-hydrogen) atoms. The van der Waals surface area contributed by atoms with Crippen LogP contribution in [0.1, 0.15) is 24.0 Å². The fourth-order valence-corrected chi connectivity index (χ4v) is 2.74. The van der Waals surface area contributed by atoms with Crippen LogP contribution < -0.4 is 16.2 Å². The first-order chi connectivity index (χ1) is 7.79. The van der Waals surface area contributed by atoms with Crippen LogP contribution in [0.2, 0.25) is 0 Å². The molecule has 3 N–H and O–H groups in total. The summed E-state index contributed by atoms with van der Waals surface area (Å²) in [6, 6.07) is 4.12. The molecule has 0 radical (unpaired) electrons. The summed E-state index contributed by atoms with van der Waals surface area (Å²) in [6.45, 7) is 0.869. The molecule has 1 aromatic rings. The van der Waals surface area contributed by atoms with Gasteiger partial charge in [0.25, 0.3) is 0 Å². The van der Waals surface area contributed by atoms with Gasteiger partial charge in [0.05, 0.1) is 5.69 Å². The Morgan fingerprint density at radius 1 is 1.19 bits per heavy atom. The van der Waals surface area contributed by atoms with Crippen molar-refractivity contribution in [3.05, 3.63) is 23.3 Å². The lowest BCUT2D eigenvalue weighted by Gasteiger charge is -2.35. The number of rotatable bonds is 1. The molecule has 84 valence electrons. The van der Waals surface area contributed by atoms with E-state index in [1.165, 1.54) is 11.1 Å². The number of amides is 1. The highest BCUT2D eigenvalue weighted by Gasteiger charge is 2.29. The van der Waals surface area contributed by atoms with E-state index in [2.05, 4.69) is 17.6 Å². The summed E-state index contributed by atoms with van der Waals surface area (Å²) in [5, 5.41) is 0. The van der Waals surface area contributed by atoms with E-state index in [1.807, 2.05) is 4.90 Å². The molecule has 0 saturated heterocycles. The van der Waals surface area contributed by atoms with Gasteiger partial charge in [-0.25, -0.2) is 0 Å². The number of aryl methyl sites for hydroxylation is 2. The van der Waals surface area contributed by atoms with Crippen molar-refractivity contribution in [1.29, 1.82) is 0 Å². The fourth-order valence-electron chi connectivity index (χ4n) is 2.74. The van der Waals surface area contributed by atoms with Crippen molar-refractivity contribution in [1.82, 2.24) is 0 Å². The van der Waals surface area contributed by atoms with Crippen LogP contribution in [-0.4, -0.2) is 12.5 Å². The third-order valence-corrected chi connectivity index (χ3v) is 3.44. The third-order valence-electron chi connectivity index (χ3n) is 3.44. The molecule has 3 rings (SSSR count). The number of hydrogen-bond acceptors (Lipinski definition) is 3. The minimum atomic E-state index is 0.266. The molecule has 0 fully saturated rings. The van der Waals surface area contributed by atoms with Crippen LogP contribution >= 0.6 is 0 Å². The number of carbonyl (C=O) groups excluding carboxylic acids is 1. The maximum Gasteiger partial charge on any atom is 0.227 e. The van der Waals surface area contributed by atoms with Gasteiger partial charge in [0.1, 0.15) is 0 Å². The Hall–Kier alpha value is -1.55. The van der Waals surface area contributed by atoms with Crippen LogP contribution in [0, 0.1) is 0 Å². The minimum absolute atomic E-state index is 0.266. The normalized spacial score (nSPS) is 18.3. The number of nitrogen functional groups attached to an aromatic ring is 1. The number of carbonyl (C=O) groups is 1. The van der Waals surface area contributed by atoms with E-state index in [0.717, 1.165) is 37.2 Å². The molecule has 4 nitrogen and oxygen atoms in total. The second-order valence-electron chi connectivity index (χ2n) is 4.44. The Kier molecular flexibility index (Phi) is 2.11. The Morgan fingerprint density at radius 3 is 2.69 bits per heavy atom. The lowest BCUT2D eigenvalue weighted by atomic mass is 9.91. The van der Waals surface area contributed by atoms with E-state index in [4.69, 9.17) is 5.84 Å². The maximum absolute atomic E-state index is 11.8. The molecule has 2 heterocycles. The molecule has 0 aromatic heterocycles. The molecule has 0 spiro atoms. The zero-order valence-electron chi connectivity index (χ0n) is 9.12. The summed E-state index contributed by atoms with van der Waals surface area (Å²) in [4.78, 5) is 13.8. The fraction of sp³-hybridized carbons (Fsp3) is 0.417. The molecule has 0 bridgehead atoms. The number of hydrazine groups is 1. The summed E-state index contributed by atoms with van der Waals surface area (Å²) in [6.07, 6.45) is 3.56. The SMILES string of the molecule is NNc1cc2c3c(c1)CCC(=O)N3CCC2. The van der Waals surface area contributed by atoms with Gasteiger partial charge < -0.3 is 10.3 Å². The average Bonchev–Trinajstić information content (AvgIpc) is 2.33. The van der Waals surface area contributed by atoms with Crippen LogP contribution in [0.15, 0.2) is 12.1 Å². The van der Waals surface area contributed by atoms with Gasteiger partial charge in [0.2, 0.25) is 5.91 Å². The topological polar surface area (TPSA) is 58.4 Å². The smallest absolute Gasteiger partial charge is 0.227 e. The molecule has 0 unspecified atom stereocenters. The van der Waals surface area contributed by atoms with Crippen LogP contribution in [0.25, 0.3) is 0 Å². The zero-order chi connectivity index (χ0) is 11.1. The number of benzene rings is 1. The predicted molar refractivity (Wildman–Crippen MR) is 63.2 cm³/mol. The minimum Gasteiger partial charge on any atom is -0.324 e. The third kappa shape index (κ3) is 1.30. The van der Waals surface area contributed by atoms with Crippen LogP contribution in [-0.2, 0) is 17.6 Å². The first-order valence-corrected chi connectivity index (χ1v) is 5.72. The molecule has 0 aliphatic carbocycles. The number of anilines is 2. The van der Waals surface area contributed by atoms with Gasteiger partial charge in [0, 0.05) is 18.7 Å². The van der Waals surface area contributed by atoms with E-state index in [1.54, 1.807) is 0 Å². The molecule has 4 heteroatoms. The Bertz CT molecular complexity index is 439. The zero-order valence-corrected chi connectivity index (χ0v) is 9.12. The standard InChI is InChI=1S/C12H15N3O/c13-14-10-6-8-2-1-5-15-11(16)4-3-9(7-10)12(8)15/h6-7,14H,1-5,13H2. The maximum atomic E-state index is 11.8. The van der Waals surface area contributed by atoms with Crippen LogP contribution in [0.4, 0.5) is 11.4 Å². The van der Waals surface area contributed by atoms with Crippen molar-refractivity contribution in [2.75, 3.05) is 16.9 Å². The van der Waals surface area contributed by atoms with Crippen LogP contribution in [0.5, 0.6) is 0 Å². The number of nitrogens with one attached hydrogen (secondary N) is 1. The Morgan fingerprint density at radius 2 is 1.94 bits per heavy atom. The second kappa shape index (κ2) is 3.49. The number of nitrogens with zero attached hydrogens (tertiary/aromatic N) is 1. The highest BCUT2D eigenvalue weighted by molar-refractivity contribution is 5.98. The van der Waals surface area contributed by atoms with Gasteiger partial charge in [-0.2, -0.15) is 0 Å². The summed E-state index contributed by atoms with van der Waals surface area (Å²) < 4.78 is 0. The molecular weight excluding hydrogens is 202 g/mol. The number of hydrogen-bond donors (Lipinski definition) is 2. The van der Waals surface area contributed by atoms with E-state index >= 15 is 0 Å². The molecule has 2 aliphatic heterocycles. The molecular formula is C12H15N3O. The van der Waals surface area contributed by atoms with Crippen molar-refractivity contribution < 1.29 is 4.79 Å². The van der Waals surface area contributed by atoms with E-state index < -0.39 is 0 Å². The summed E-state index contributed by atoms with van der Waals surface area (Å²) in [7, 11) is 0. The highest BCUT2D eigenvalue weighted by Crippen LogP contribution is 2.37. The molecule has 1 aromatic carbocycles. The number of nitrogens with two attached hydrogens (primary N) is 1. The summed E-state index contributed by atoms with van der Waals surface area (Å²) >= 11 is 0. The monoisotopic (exact) mass is 217 g/mol. The van der Waals surface area contributed by atoms with Gasteiger partial charge in [-0.1, -0.05) is 0 Å². The molecule has 2 aliphatic rings. The lowest BCUT2D eigenvalue weighted by Crippen LogP contribution is -2.39. The highest BCUT2D eigenvalue weighted by atomic mass is 16.2. The van der Waals surface area contributed by atoms with Gasteiger partial charge >= 0.3 is 0 Å². The second-order valence-corrected chi connectivity index (χ2v) is 4.44.